The first kappa shape index (κ1) is 22.8. The Morgan fingerprint density at radius 3 is 2.57 bits per heavy atom. The van der Waals surface area contributed by atoms with Crippen molar-refractivity contribution in [3.8, 4) is 0 Å². The fourth-order valence-corrected chi connectivity index (χ4v) is 10.3. The van der Waals surface area contributed by atoms with Crippen LogP contribution in [0, 0.1) is 39.9 Å². The van der Waals surface area contributed by atoms with Crippen molar-refractivity contribution < 1.29 is 4.74 Å². The zero-order valence-electron chi connectivity index (χ0n) is 20.3. The second-order valence-electron chi connectivity index (χ2n) is 11.6. The summed E-state index contributed by atoms with van der Waals surface area (Å²) in [7, 11) is 3.40. The Hall–Kier alpha value is -0.340. The van der Waals surface area contributed by atoms with Crippen molar-refractivity contribution in [1.29, 1.82) is 0 Å². The SMILES string of the molecule is C=CCCC(CCCC1CCC2C1(C)CCC1C34CCCCC3CCC214)OC.CN. The number of nitrogens with two attached hydrogens (primary N) is 1. The van der Waals surface area contributed by atoms with Crippen LogP contribution in [0.2, 0.25) is 0 Å². The number of rotatable bonds is 8. The first-order valence-corrected chi connectivity index (χ1v) is 13.3. The van der Waals surface area contributed by atoms with E-state index in [4.69, 9.17) is 4.74 Å². The Morgan fingerprint density at radius 2 is 1.80 bits per heavy atom. The normalized spacial score (nSPS) is 46.5. The van der Waals surface area contributed by atoms with Gasteiger partial charge in [0.15, 0.2) is 0 Å². The van der Waals surface area contributed by atoms with E-state index in [0.717, 1.165) is 47.3 Å². The summed E-state index contributed by atoms with van der Waals surface area (Å²) in [6.07, 6.45) is 24.5. The van der Waals surface area contributed by atoms with Gasteiger partial charge in [-0.1, -0.05) is 32.3 Å². The molecule has 5 saturated carbocycles. The second-order valence-corrected chi connectivity index (χ2v) is 11.6. The lowest BCUT2D eigenvalue weighted by Gasteiger charge is -2.45. The summed E-state index contributed by atoms with van der Waals surface area (Å²) >= 11 is 0. The summed E-state index contributed by atoms with van der Waals surface area (Å²) in [6, 6.07) is 0. The highest BCUT2D eigenvalue weighted by Crippen LogP contribution is 2.91. The van der Waals surface area contributed by atoms with Crippen molar-refractivity contribution in [2.24, 2.45) is 45.7 Å². The molecule has 0 aromatic heterocycles. The molecule has 0 saturated heterocycles. The van der Waals surface area contributed by atoms with Crippen LogP contribution in [0.15, 0.2) is 12.7 Å². The number of fused-ring (bicyclic) bond motifs is 1. The molecule has 2 N–H and O–H groups in total. The lowest BCUT2D eigenvalue weighted by Crippen LogP contribution is -2.38. The van der Waals surface area contributed by atoms with E-state index in [1.54, 1.807) is 51.4 Å². The molecule has 0 aromatic rings. The standard InChI is InChI=1S/C27H44O.CH5N/c1-4-5-11-22(28-3)12-8-10-20-13-14-23-25(20,2)18-16-24-26-17-7-6-9-21(26)15-19-27(23,24)26;1-2/h4,20-24H,1,5-19H2,2-3H3;2H2,1H3. The number of hydrogen-bond donors (Lipinski definition) is 1. The Balaban J connectivity index is 0.00000106. The van der Waals surface area contributed by atoms with Gasteiger partial charge in [0, 0.05) is 7.11 Å². The van der Waals surface area contributed by atoms with E-state index in [1.165, 1.54) is 39.2 Å². The molecule has 0 amide bonds. The van der Waals surface area contributed by atoms with Crippen LogP contribution in [-0.2, 0) is 4.74 Å². The van der Waals surface area contributed by atoms with Crippen molar-refractivity contribution in [2.75, 3.05) is 14.2 Å². The minimum absolute atomic E-state index is 0.446. The fraction of sp³-hybridized carbons (Fsp3) is 0.929. The molecule has 0 aliphatic heterocycles. The van der Waals surface area contributed by atoms with E-state index in [2.05, 4.69) is 19.2 Å². The summed E-state index contributed by atoms with van der Waals surface area (Å²) in [5.41, 5.74) is 6.82. The van der Waals surface area contributed by atoms with Crippen molar-refractivity contribution in [1.82, 2.24) is 0 Å². The first-order valence-electron chi connectivity index (χ1n) is 13.3. The van der Waals surface area contributed by atoms with Crippen LogP contribution in [-0.4, -0.2) is 20.3 Å². The van der Waals surface area contributed by atoms with Crippen LogP contribution < -0.4 is 5.73 Å². The molecule has 5 aliphatic rings. The average Bonchev–Trinajstić information content (AvgIpc) is 3.02. The Kier molecular flexibility index (Phi) is 6.77. The highest BCUT2D eigenvalue weighted by molar-refractivity contribution is 5.33. The highest BCUT2D eigenvalue weighted by atomic mass is 16.5. The molecule has 0 heterocycles. The predicted octanol–water partition coefficient (Wildman–Crippen LogP) is 7.13. The van der Waals surface area contributed by atoms with Gasteiger partial charge in [0.25, 0.3) is 0 Å². The lowest BCUT2D eigenvalue weighted by atomic mass is 9.59. The molecule has 8 unspecified atom stereocenters. The molecule has 2 spiro atoms. The Bertz CT molecular complexity index is 603. The van der Waals surface area contributed by atoms with Gasteiger partial charge in [0.2, 0.25) is 0 Å². The summed E-state index contributed by atoms with van der Waals surface area (Å²) in [5.74, 6) is 4.34. The molecule has 2 nitrogen and oxygen atoms in total. The summed E-state index contributed by atoms with van der Waals surface area (Å²) < 4.78 is 5.74. The maximum atomic E-state index is 5.74. The summed E-state index contributed by atoms with van der Waals surface area (Å²) in [4.78, 5) is 0. The van der Waals surface area contributed by atoms with Gasteiger partial charge in [0.05, 0.1) is 6.10 Å². The third-order valence-electron chi connectivity index (χ3n) is 11.3. The average molecular weight is 416 g/mol. The van der Waals surface area contributed by atoms with Gasteiger partial charge in [-0.05, 0) is 124 Å². The summed E-state index contributed by atoms with van der Waals surface area (Å²) in [6.45, 7) is 6.62. The highest BCUT2D eigenvalue weighted by Gasteiger charge is 2.85. The number of hydrogen-bond acceptors (Lipinski definition) is 2. The molecule has 0 aromatic carbocycles. The van der Waals surface area contributed by atoms with Gasteiger partial charge in [-0.3, -0.25) is 0 Å². The molecule has 0 bridgehead atoms. The molecule has 2 heteroatoms. The van der Waals surface area contributed by atoms with Crippen LogP contribution in [0.25, 0.3) is 0 Å². The Labute approximate surface area is 186 Å². The number of allylic oxidation sites excluding steroid dienone is 1. The van der Waals surface area contributed by atoms with Gasteiger partial charge in [-0.25, -0.2) is 0 Å². The van der Waals surface area contributed by atoms with E-state index < -0.39 is 0 Å². The molecule has 172 valence electrons. The number of ether oxygens (including phenoxy) is 1. The lowest BCUT2D eigenvalue weighted by molar-refractivity contribution is 0.0276. The van der Waals surface area contributed by atoms with Gasteiger partial charge in [-0.2, -0.15) is 0 Å². The van der Waals surface area contributed by atoms with Gasteiger partial charge in [-0.15, -0.1) is 6.58 Å². The van der Waals surface area contributed by atoms with Crippen LogP contribution in [0.3, 0.4) is 0 Å². The van der Waals surface area contributed by atoms with E-state index in [0.29, 0.717) is 11.5 Å². The summed E-state index contributed by atoms with van der Waals surface area (Å²) in [5, 5.41) is 0. The monoisotopic (exact) mass is 415 g/mol. The second kappa shape index (κ2) is 8.89. The maximum Gasteiger partial charge on any atom is 0.0574 e. The van der Waals surface area contributed by atoms with Gasteiger partial charge in [0.1, 0.15) is 0 Å². The smallest absolute Gasteiger partial charge is 0.0574 e. The quantitative estimate of drug-likeness (QED) is 0.428. The zero-order valence-corrected chi connectivity index (χ0v) is 20.3. The van der Waals surface area contributed by atoms with E-state index in [1.807, 2.05) is 13.2 Å². The largest absolute Gasteiger partial charge is 0.381 e. The molecule has 0 radical (unpaired) electrons. The van der Waals surface area contributed by atoms with Crippen LogP contribution in [0.5, 0.6) is 0 Å². The minimum Gasteiger partial charge on any atom is -0.381 e. The topological polar surface area (TPSA) is 35.2 Å². The molecular formula is C28H49NO. The zero-order chi connectivity index (χ0) is 21.4. The minimum atomic E-state index is 0.446. The van der Waals surface area contributed by atoms with E-state index >= 15 is 0 Å². The predicted molar refractivity (Wildman–Crippen MR) is 127 cm³/mol. The molecule has 30 heavy (non-hydrogen) atoms. The third-order valence-corrected chi connectivity index (χ3v) is 11.3. The van der Waals surface area contributed by atoms with Gasteiger partial charge < -0.3 is 10.5 Å². The molecular weight excluding hydrogens is 366 g/mol. The third kappa shape index (κ3) is 3.10. The van der Waals surface area contributed by atoms with Crippen molar-refractivity contribution in [2.45, 2.75) is 109 Å². The van der Waals surface area contributed by atoms with Crippen LogP contribution in [0.1, 0.15) is 103 Å². The molecule has 5 aliphatic carbocycles. The van der Waals surface area contributed by atoms with Crippen molar-refractivity contribution in [3.63, 3.8) is 0 Å². The van der Waals surface area contributed by atoms with E-state index in [-0.39, 0.29) is 0 Å². The molecule has 5 rings (SSSR count). The van der Waals surface area contributed by atoms with Crippen molar-refractivity contribution >= 4 is 0 Å². The fourth-order valence-electron chi connectivity index (χ4n) is 10.3. The molecule has 8 atom stereocenters. The molecule has 5 fully saturated rings. The first-order chi connectivity index (χ1) is 14.6. The number of methoxy groups -OCH3 is 1. The van der Waals surface area contributed by atoms with E-state index in [9.17, 15) is 0 Å². The van der Waals surface area contributed by atoms with Crippen LogP contribution in [0.4, 0.5) is 0 Å². The maximum absolute atomic E-state index is 5.74. The Morgan fingerprint density at radius 1 is 0.967 bits per heavy atom. The van der Waals surface area contributed by atoms with Crippen LogP contribution >= 0.6 is 0 Å². The van der Waals surface area contributed by atoms with Gasteiger partial charge >= 0.3 is 0 Å². The van der Waals surface area contributed by atoms with Crippen molar-refractivity contribution in [3.05, 3.63) is 12.7 Å².